The van der Waals surface area contributed by atoms with Crippen molar-refractivity contribution in [3.8, 4) is 28.0 Å². The number of aromatic amines is 1. The zero-order valence-electron chi connectivity index (χ0n) is 43.7. The number of nitrogens with one attached hydrogen (secondary N) is 4. The van der Waals surface area contributed by atoms with Crippen LogP contribution in [0.15, 0.2) is 110 Å². The molecule has 1 aliphatic carbocycles. The van der Waals surface area contributed by atoms with E-state index in [1.54, 1.807) is 54.4 Å². The number of nitrogens with zero attached hydrogens (tertiary/aromatic N) is 6. The summed E-state index contributed by atoms with van der Waals surface area (Å²) >= 11 is 0. The number of carbonyl (C=O) groups is 4. The second kappa shape index (κ2) is 23.4. The van der Waals surface area contributed by atoms with E-state index in [4.69, 9.17) is 4.74 Å². The minimum absolute atomic E-state index is 0.0568. The number of likely N-dealkylation sites (N-methyl/N-ethyl adjacent to an activating group) is 1. The molecule has 3 amide bonds. The number of fused-ring (bicyclic) bond motifs is 3. The number of carbonyl (C=O) groups excluding carboxylic acids is 4. The van der Waals surface area contributed by atoms with Gasteiger partial charge in [-0.05, 0) is 110 Å². The van der Waals surface area contributed by atoms with Crippen LogP contribution in [-0.2, 0) is 40.3 Å². The highest BCUT2D eigenvalue weighted by molar-refractivity contribution is 5.96. The lowest BCUT2D eigenvalue weighted by Gasteiger charge is -2.41. The quantitative estimate of drug-likeness (QED) is 0.0541. The van der Waals surface area contributed by atoms with Crippen LogP contribution in [-0.4, -0.2) is 89.8 Å². The number of hydrogen-bond acceptors (Lipinski definition) is 9. The van der Waals surface area contributed by atoms with Crippen LogP contribution < -0.4 is 20.7 Å². The summed E-state index contributed by atoms with van der Waals surface area (Å²) < 4.78 is 23.2. The average molecular weight is 1020 g/mol. The maximum Gasteiger partial charge on any atom is 0.246 e. The van der Waals surface area contributed by atoms with Gasteiger partial charge in [-0.15, -0.1) is 0 Å². The highest BCUT2D eigenvalue weighted by Gasteiger charge is 2.43. The van der Waals surface area contributed by atoms with Crippen LogP contribution >= 0.6 is 0 Å². The molecule has 4 aromatic heterocycles. The van der Waals surface area contributed by atoms with Gasteiger partial charge in [0.15, 0.2) is 0 Å². The molecule has 5 heterocycles. The summed E-state index contributed by atoms with van der Waals surface area (Å²) in [6.45, 7) is 8.73. The van der Waals surface area contributed by atoms with Crippen LogP contribution in [0.3, 0.4) is 0 Å². The van der Waals surface area contributed by atoms with E-state index in [0.29, 0.717) is 31.7 Å². The molecule has 0 unspecified atom stereocenters. The molecule has 2 aliphatic rings. The lowest BCUT2D eigenvalue weighted by molar-refractivity contribution is -0.147. The van der Waals surface area contributed by atoms with Crippen molar-refractivity contribution < 1.29 is 28.3 Å². The third-order valence-electron chi connectivity index (χ3n) is 14.7. The summed E-state index contributed by atoms with van der Waals surface area (Å²) in [5.41, 5.74) is 8.67. The number of pyridine rings is 1. The molecule has 15 nitrogen and oxygen atoms in total. The molecule has 0 bridgehead atoms. The highest BCUT2D eigenvalue weighted by Crippen LogP contribution is 2.35. The van der Waals surface area contributed by atoms with Crippen LogP contribution in [0.2, 0.25) is 0 Å². The Kier molecular flexibility index (Phi) is 16.3. The van der Waals surface area contributed by atoms with E-state index in [-0.39, 0.29) is 42.0 Å². The largest absolute Gasteiger partial charge is 0.494 e. The van der Waals surface area contributed by atoms with E-state index in [1.165, 1.54) is 22.4 Å². The summed E-state index contributed by atoms with van der Waals surface area (Å²) in [5.74, 6) is -0.400. The van der Waals surface area contributed by atoms with Crippen LogP contribution in [0, 0.1) is 11.2 Å². The molecule has 0 fully saturated rings. The number of benzene rings is 3. The molecular weight excluding hydrogens is 948 g/mol. The number of hydrogen-bond donors (Lipinski definition) is 4. The van der Waals surface area contributed by atoms with Crippen molar-refractivity contribution in [2.24, 2.45) is 5.41 Å². The van der Waals surface area contributed by atoms with Crippen LogP contribution in [0.25, 0.3) is 33.3 Å². The van der Waals surface area contributed by atoms with E-state index in [2.05, 4.69) is 48.2 Å². The minimum atomic E-state index is -0.865. The van der Waals surface area contributed by atoms with Gasteiger partial charge >= 0.3 is 0 Å². The molecule has 0 radical (unpaired) electrons. The highest BCUT2D eigenvalue weighted by atomic mass is 19.1. The van der Waals surface area contributed by atoms with Gasteiger partial charge in [-0.2, -0.15) is 10.2 Å². The van der Waals surface area contributed by atoms with Gasteiger partial charge in [-0.3, -0.25) is 23.9 Å². The average Bonchev–Trinajstić information content (AvgIpc) is 4.20. The fourth-order valence-electron chi connectivity index (χ4n) is 10.3. The lowest BCUT2D eigenvalue weighted by atomic mass is 9.83. The van der Waals surface area contributed by atoms with Gasteiger partial charge in [-0.25, -0.2) is 14.1 Å². The number of H-pyrrole nitrogens is 1. The standard InChI is InChI=1S/C59H69FN10O5/c1-38(61-5)56(72)67-54(59(2,3)4)58(74)69-36-43-27-47(24-23-41(43)29-52(69)57(73)66-51-21-15-18-40-17-11-12-20-48(40)51)75-25-13-9-7-6-8-10-22-53(71)70-37-44(31-65-70)42-28-49-50(33-63-55(49)62-30-42)45-32-64-68(35-45)34-39-16-14-19-46(60)26-39/h11-12,14,16-17,19-20,23-24,26-28,30-33,35,37-38,51-52,54,61H,6-10,13,15,18,21-22,25,29,34,36H2,1-5H3,(H,62,63)(H,66,73)(H,67,72)/t38-,51+,52-,54+/m1/s1. The monoisotopic (exact) mass is 1020 g/mol. The Morgan fingerprint density at radius 2 is 1.65 bits per heavy atom. The molecule has 0 spiro atoms. The fourth-order valence-corrected chi connectivity index (χ4v) is 10.3. The third-order valence-corrected chi connectivity index (χ3v) is 14.7. The van der Waals surface area contributed by atoms with Crippen LogP contribution in [0.5, 0.6) is 5.75 Å². The predicted molar refractivity (Wildman–Crippen MR) is 287 cm³/mol. The molecule has 3 aromatic carbocycles. The zero-order chi connectivity index (χ0) is 52.6. The molecule has 1 aliphatic heterocycles. The first-order chi connectivity index (χ1) is 36.2. The van der Waals surface area contributed by atoms with E-state index in [9.17, 15) is 23.6 Å². The Bertz CT molecular complexity index is 3150. The maximum absolute atomic E-state index is 14.7. The van der Waals surface area contributed by atoms with Crippen molar-refractivity contribution in [3.05, 3.63) is 144 Å². The first-order valence-corrected chi connectivity index (χ1v) is 26.5. The zero-order valence-corrected chi connectivity index (χ0v) is 43.7. The molecule has 7 aromatic rings. The Labute approximate surface area is 438 Å². The Hall–Kier alpha value is -7.46. The van der Waals surface area contributed by atoms with E-state index in [0.717, 1.165) is 113 Å². The second-order valence-corrected chi connectivity index (χ2v) is 21.3. The first kappa shape index (κ1) is 52.4. The molecule has 4 atom stereocenters. The molecule has 0 saturated heterocycles. The van der Waals surface area contributed by atoms with Gasteiger partial charge < -0.3 is 30.6 Å². The molecular formula is C59H69FN10O5. The SMILES string of the molecule is CN[C@H](C)C(=O)N[C@@H](C(=O)N1Cc2cc(OCCCCCCCCC(=O)n3cc(-c4cnc5[nH]cc(-c6cnn(Cc7cccc(F)c7)c6)c5c4)cn3)ccc2C[C@@H]1C(=O)N[C@H]1CCCc2ccccc21)C(C)(C)C. The summed E-state index contributed by atoms with van der Waals surface area (Å²) in [5, 5.41) is 19.1. The number of aromatic nitrogens is 6. The summed E-state index contributed by atoms with van der Waals surface area (Å²) in [4.78, 5) is 65.0. The number of aryl methyl sites for hydroxylation is 1. The van der Waals surface area contributed by atoms with Crippen molar-refractivity contribution in [3.63, 3.8) is 0 Å². The van der Waals surface area contributed by atoms with Crippen LogP contribution in [0.1, 0.15) is 124 Å². The number of ether oxygens (including phenoxy) is 1. The Morgan fingerprint density at radius 3 is 2.47 bits per heavy atom. The summed E-state index contributed by atoms with van der Waals surface area (Å²) in [6, 6.07) is 20.4. The molecule has 16 heteroatoms. The predicted octanol–water partition coefficient (Wildman–Crippen LogP) is 9.51. The number of halogens is 1. The molecule has 75 heavy (non-hydrogen) atoms. The van der Waals surface area contributed by atoms with Crippen molar-refractivity contribution in [2.45, 2.75) is 136 Å². The Balaban J connectivity index is 0.744. The maximum atomic E-state index is 14.7. The van der Waals surface area contributed by atoms with Gasteiger partial charge in [0.2, 0.25) is 23.6 Å². The van der Waals surface area contributed by atoms with Gasteiger partial charge in [0, 0.05) is 71.8 Å². The lowest BCUT2D eigenvalue weighted by Crippen LogP contribution is -2.62. The van der Waals surface area contributed by atoms with E-state index in [1.807, 2.05) is 75.6 Å². The fraction of sp³-hybridized carbons (Fsp3) is 0.407. The van der Waals surface area contributed by atoms with Crippen molar-refractivity contribution in [2.75, 3.05) is 13.7 Å². The van der Waals surface area contributed by atoms with E-state index >= 15 is 0 Å². The second-order valence-electron chi connectivity index (χ2n) is 21.3. The van der Waals surface area contributed by atoms with Crippen molar-refractivity contribution >= 4 is 34.7 Å². The van der Waals surface area contributed by atoms with Crippen molar-refractivity contribution in [1.29, 1.82) is 0 Å². The molecule has 9 rings (SSSR count). The summed E-state index contributed by atoms with van der Waals surface area (Å²) in [6.07, 6.45) is 19.9. The van der Waals surface area contributed by atoms with Gasteiger partial charge in [0.25, 0.3) is 0 Å². The van der Waals surface area contributed by atoms with Crippen LogP contribution in [0.4, 0.5) is 4.39 Å². The molecule has 4 N–H and O–H groups in total. The molecule has 392 valence electrons. The van der Waals surface area contributed by atoms with E-state index < -0.39 is 23.5 Å². The topological polar surface area (TPSA) is 181 Å². The number of rotatable bonds is 20. The number of unbranched alkanes of at least 4 members (excludes halogenated alkanes) is 5. The van der Waals surface area contributed by atoms with Gasteiger partial charge in [0.05, 0.1) is 37.6 Å². The number of amides is 3. The normalized spacial score (nSPS) is 16.2. The summed E-state index contributed by atoms with van der Waals surface area (Å²) in [7, 11) is 1.70. The minimum Gasteiger partial charge on any atom is -0.494 e. The Morgan fingerprint density at radius 1 is 0.853 bits per heavy atom. The third kappa shape index (κ3) is 12.6. The first-order valence-electron chi connectivity index (χ1n) is 26.5. The van der Waals surface area contributed by atoms with Gasteiger partial charge in [-0.1, -0.05) is 88.9 Å². The van der Waals surface area contributed by atoms with Gasteiger partial charge in [0.1, 0.15) is 29.3 Å². The molecule has 0 saturated carbocycles. The van der Waals surface area contributed by atoms with Crippen molar-refractivity contribution in [1.82, 2.24) is 50.4 Å². The smallest absolute Gasteiger partial charge is 0.246 e.